The second kappa shape index (κ2) is 9.57. The molecule has 0 radical (unpaired) electrons. The van der Waals surface area contributed by atoms with Gasteiger partial charge in [-0.1, -0.05) is 68.2 Å². The average molecular weight is 555 g/mol. The molecule has 0 bridgehead atoms. The summed E-state index contributed by atoms with van der Waals surface area (Å²) in [7, 11) is 0. The molecule has 218 valence electrons. The zero-order valence-corrected chi connectivity index (χ0v) is 26.6. The van der Waals surface area contributed by atoms with Crippen LogP contribution in [-0.4, -0.2) is 23.1 Å². The van der Waals surface area contributed by atoms with Crippen LogP contribution < -0.4 is 0 Å². The van der Waals surface area contributed by atoms with E-state index in [0.29, 0.717) is 24.3 Å². The SMILES string of the molecule is CC(=O)C1=C(C)CC2(C)CC3(C)CC4=C(C(C)C)CC(C5=CCC(C(C)=O)C=C5)C(C)=C4C(=O)C3=C(C)C2(C)C1=O. The van der Waals surface area contributed by atoms with Gasteiger partial charge in [0.1, 0.15) is 5.78 Å². The van der Waals surface area contributed by atoms with E-state index in [1.54, 1.807) is 6.92 Å². The van der Waals surface area contributed by atoms with Crippen LogP contribution in [0.2, 0.25) is 0 Å². The number of carbonyl (C=O) groups is 4. The molecule has 0 aromatic rings. The molecule has 4 heteroatoms. The standard InChI is InChI=1S/C37H46O4/c1-19(2)27-15-28(26-13-11-25(12-14-26)23(6)38)21(4)31-29(27)17-35(8)18-36(9)16-20(3)30(24(7)39)34(41)37(36,10)22(5)32(35)33(31)40/h11,13-14,19,25,28H,12,15-18H2,1-10H3. The van der Waals surface area contributed by atoms with Crippen LogP contribution in [0, 0.1) is 34.0 Å². The lowest BCUT2D eigenvalue weighted by molar-refractivity contribution is -0.135. The maximum absolute atomic E-state index is 14.8. The lowest BCUT2D eigenvalue weighted by Crippen LogP contribution is -2.57. The molecular formula is C37H46O4. The molecule has 0 aliphatic heterocycles. The van der Waals surface area contributed by atoms with Crippen LogP contribution in [0.4, 0.5) is 0 Å². The summed E-state index contributed by atoms with van der Waals surface area (Å²) in [5, 5.41) is 0. The Labute approximate surface area is 245 Å². The molecule has 1 fully saturated rings. The zero-order valence-electron chi connectivity index (χ0n) is 26.6. The number of hydrogen-bond acceptors (Lipinski definition) is 4. The number of ketones is 4. The number of carbonyl (C=O) groups excluding carboxylic acids is 4. The Hall–Kier alpha value is -2.88. The fraction of sp³-hybridized carbons (Fsp3) is 0.568. The van der Waals surface area contributed by atoms with Crippen molar-refractivity contribution in [2.45, 2.75) is 101 Å². The van der Waals surface area contributed by atoms with Crippen molar-refractivity contribution in [3.63, 3.8) is 0 Å². The first-order valence-corrected chi connectivity index (χ1v) is 15.3. The van der Waals surface area contributed by atoms with Crippen molar-refractivity contribution in [2.24, 2.45) is 34.0 Å². The van der Waals surface area contributed by atoms with Gasteiger partial charge in [-0.15, -0.1) is 0 Å². The Morgan fingerprint density at radius 2 is 1.66 bits per heavy atom. The van der Waals surface area contributed by atoms with E-state index < -0.39 is 5.41 Å². The molecule has 0 aromatic heterocycles. The first-order chi connectivity index (χ1) is 19.0. The van der Waals surface area contributed by atoms with E-state index in [-0.39, 0.29) is 45.8 Å². The summed E-state index contributed by atoms with van der Waals surface area (Å²) in [6.45, 7) is 20.0. The van der Waals surface area contributed by atoms with Gasteiger partial charge < -0.3 is 0 Å². The molecule has 5 aliphatic rings. The summed E-state index contributed by atoms with van der Waals surface area (Å²) in [5.41, 5.74) is 6.88. The third kappa shape index (κ3) is 4.07. The molecule has 5 aliphatic carbocycles. The second-order valence-electron chi connectivity index (χ2n) is 14.6. The van der Waals surface area contributed by atoms with Crippen LogP contribution in [0.3, 0.4) is 0 Å². The molecule has 0 aromatic carbocycles. The van der Waals surface area contributed by atoms with Crippen LogP contribution in [0.25, 0.3) is 0 Å². The van der Waals surface area contributed by atoms with Crippen LogP contribution in [-0.2, 0) is 19.2 Å². The maximum Gasteiger partial charge on any atom is 0.189 e. The second-order valence-corrected chi connectivity index (χ2v) is 14.6. The Balaban J connectivity index is 1.69. The molecule has 5 atom stereocenters. The zero-order chi connectivity index (χ0) is 30.4. The summed E-state index contributed by atoms with van der Waals surface area (Å²) in [4.78, 5) is 53.6. The number of Topliss-reactive ketones (excluding diaryl/α,β-unsaturated/α-hetero) is 4. The van der Waals surface area contributed by atoms with E-state index >= 15 is 0 Å². The van der Waals surface area contributed by atoms with Crippen molar-refractivity contribution in [1.29, 1.82) is 0 Å². The third-order valence-electron chi connectivity index (χ3n) is 11.6. The van der Waals surface area contributed by atoms with E-state index in [1.807, 2.05) is 26.8 Å². The Morgan fingerprint density at radius 3 is 2.20 bits per heavy atom. The minimum Gasteiger partial charge on any atom is -0.299 e. The van der Waals surface area contributed by atoms with Crippen molar-refractivity contribution in [3.05, 3.63) is 68.4 Å². The predicted octanol–water partition coefficient (Wildman–Crippen LogP) is 7.96. The van der Waals surface area contributed by atoms with Crippen LogP contribution >= 0.6 is 0 Å². The lowest BCUT2D eigenvalue weighted by Gasteiger charge is -2.60. The molecule has 0 spiro atoms. The molecule has 41 heavy (non-hydrogen) atoms. The molecular weight excluding hydrogens is 508 g/mol. The summed E-state index contributed by atoms with van der Waals surface area (Å²) < 4.78 is 0. The molecule has 0 N–H and O–H groups in total. The number of rotatable bonds is 4. The summed E-state index contributed by atoms with van der Waals surface area (Å²) in [6, 6.07) is 0. The molecule has 5 rings (SSSR count). The number of fused-ring (bicyclic) bond motifs is 3. The molecule has 1 saturated carbocycles. The highest BCUT2D eigenvalue weighted by atomic mass is 16.2. The van der Waals surface area contributed by atoms with Gasteiger partial charge in [-0.25, -0.2) is 0 Å². The minimum absolute atomic E-state index is 0.0697. The quantitative estimate of drug-likeness (QED) is 0.331. The van der Waals surface area contributed by atoms with Crippen LogP contribution in [0.15, 0.2) is 68.4 Å². The number of allylic oxidation sites excluding steroid dienone is 12. The Bertz CT molecular complexity index is 1500. The van der Waals surface area contributed by atoms with E-state index in [9.17, 15) is 19.2 Å². The smallest absolute Gasteiger partial charge is 0.189 e. The molecule has 4 nitrogen and oxygen atoms in total. The summed E-state index contributed by atoms with van der Waals surface area (Å²) in [6.07, 6.45) is 10.1. The van der Waals surface area contributed by atoms with E-state index in [2.05, 4.69) is 46.8 Å². The van der Waals surface area contributed by atoms with Gasteiger partial charge in [-0.2, -0.15) is 0 Å². The fourth-order valence-corrected chi connectivity index (χ4v) is 9.39. The lowest BCUT2D eigenvalue weighted by atomic mass is 9.42. The minimum atomic E-state index is -0.904. The van der Waals surface area contributed by atoms with Gasteiger partial charge in [0.15, 0.2) is 17.3 Å². The number of hydrogen-bond donors (Lipinski definition) is 0. The first-order valence-electron chi connectivity index (χ1n) is 15.3. The summed E-state index contributed by atoms with van der Waals surface area (Å²) in [5.74, 6) is 0.278. The Morgan fingerprint density at radius 1 is 1.00 bits per heavy atom. The molecule has 5 unspecified atom stereocenters. The van der Waals surface area contributed by atoms with E-state index in [1.165, 1.54) is 23.6 Å². The van der Waals surface area contributed by atoms with Gasteiger partial charge in [-0.05, 0) is 96.1 Å². The molecule has 0 amide bonds. The van der Waals surface area contributed by atoms with Gasteiger partial charge in [-0.3, -0.25) is 19.2 Å². The van der Waals surface area contributed by atoms with Gasteiger partial charge >= 0.3 is 0 Å². The largest absolute Gasteiger partial charge is 0.299 e. The van der Waals surface area contributed by atoms with Crippen molar-refractivity contribution >= 4 is 23.1 Å². The highest BCUT2D eigenvalue weighted by Crippen LogP contribution is 2.68. The molecule has 0 saturated heterocycles. The predicted molar refractivity (Wildman–Crippen MR) is 163 cm³/mol. The highest BCUT2D eigenvalue weighted by molar-refractivity contribution is 6.24. The van der Waals surface area contributed by atoms with Gasteiger partial charge in [0.25, 0.3) is 0 Å². The van der Waals surface area contributed by atoms with Crippen molar-refractivity contribution in [2.75, 3.05) is 0 Å². The molecule has 0 heterocycles. The third-order valence-corrected chi connectivity index (χ3v) is 11.6. The highest BCUT2D eigenvalue weighted by Gasteiger charge is 2.63. The maximum atomic E-state index is 14.8. The van der Waals surface area contributed by atoms with Crippen molar-refractivity contribution in [1.82, 2.24) is 0 Å². The van der Waals surface area contributed by atoms with Crippen molar-refractivity contribution in [3.8, 4) is 0 Å². The monoisotopic (exact) mass is 554 g/mol. The van der Waals surface area contributed by atoms with E-state index in [4.69, 9.17) is 0 Å². The van der Waals surface area contributed by atoms with Crippen molar-refractivity contribution < 1.29 is 19.2 Å². The van der Waals surface area contributed by atoms with E-state index in [0.717, 1.165) is 47.1 Å². The summed E-state index contributed by atoms with van der Waals surface area (Å²) >= 11 is 0. The first kappa shape index (κ1) is 29.6. The normalized spacial score (nSPS) is 35.5. The average Bonchev–Trinajstić information content (AvgIpc) is 2.85. The van der Waals surface area contributed by atoms with Crippen LogP contribution in [0.1, 0.15) is 101 Å². The topological polar surface area (TPSA) is 68.3 Å². The van der Waals surface area contributed by atoms with Crippen LogP contribution in [0.5, 0.6) is 0 Å². The fourth-order valence-electron chi connectivity index (χ4n) is 9.39. The van der Waals surface area contributed by atoms with Gasteiger partial charge in [0.05, 0.1) is 11.0 Å². The Kier molecular flexibility index (Phi) is 6.91. The van der Waals surface area contributed by atoms with Gasteiger partial charge in [0.2, 0.25) is 0 Å². The van der Waals surface area contributed by atoms with Gasteiger partial charge in [0, 0.05) is 28.4 Å².